The minimum absolute atomic E-state index is 0.371. The normalized spacial score (nSPS) is 22.2. The maximum absolute atomic E-state index is 6.17. The van der Waals surface area contributed by atoms with Crippen LogP contribution in [0, 0.1) is 5.92 Å². The molecule has 1 unspecified atom stereocenters. The van der Waals surface area contributed by atoms with Gasteiger partial charge in [-0.25, -0.2) is 0 Å². The molecule has 0 aliphatic heterocycles. The van der Waals surface area contributed by atoms with Gasteiger partial charge in [-0.1, -0.05) is 33.6 Å². The Kier molecular flexibility index (Phi) is 4.11. The van der Waals surface area contributed by atoms with E-state index in [4.69, 9.17) is 5.73 Å². The molecule has 1 saturated carbocycles. The molecule has 1 aliphatic rings. The van der Waals surface area contributed by atoms with Gasteiger partial charge in [0.1, 0.15) is 0 Å². The summed E-state index contributed by atoms with van der Waals surface area (Å²) in [7, 11) is 0. The van der Waals surface area contributed by atoms with E-state index >= 15 is 0 Å². The molecule has 0 amide bonds. The quantitative estimate of drug-likeness (QED) is 0.759. The van der Waals surface area contributed by atoms with Crippen molar-refractivity contribution in [1.82, 2.24) is 0 Å². The minimum atomic E-state index is 0.371. The first-order chi connectivity index (χ1) is 5.99. The zero-order valence-electron chi connectivity index (χ0n) is 9.18. The van der Waals surface area contributed by atoms with Gasteiger partial charge in [0.15, 0.2) is 0 Å². The molecule has 1 rings (SSSR count). The molecule has 0 radical (unpaired) electrons. The van der Waals surface area contributed by atoms with E-state index in [2.05, 4.69) is 20.8 Å². The highest BCUT2D eigenvalue weighted by atomic mass is 32.2. The average molecular weight is 201 g/mol. The van der Waals surface area contributed by atoms with Crippen molar-refractivity contribution in [3.05, 3.63) is 0 Å². The Bertz CT molecular complexity index is 145. The number of hydrogen-bond acceptors (Lipinski definition) is 2. The molecule has 0 aromatic rings. The Morgan fingerprint density at radius 1 is 1.31 bits per heavy atom. The molecule has 0 saturated heterocycles. The van der Waals surface area contributed by atoms with E-state index in [0.717, 1.165) is 11.7 Å². The Morgan fingerprint density at radius 3 is 2.31 bits per heavy atom. The van der Waals surface area contributed by atoms with Gasteiger partial charge in [-0.3, -0.25) is 0 Å². The van der Waals surface area contributed by atoms with Crippen molar-refractivity contribution in [2.45, 2.75) is 57.2 Å². The monoisotopic (exact) mass is 201 g/mol. The molecule has 13 heavy (non-hydrogen) atoms. The molecule has 0 aromatic carbocycles. The number of rotatable bonds is 3. The summed E-state index contributed by atoms with van der Waals surface area (Å²) >= 11 is 2.00. The highest BCUT2D eigenvalue weighted by molar-refractivity contribution is 8.00. The third kappa shape index (κ3) is 4.37. The summed E-state index contributed by atoms with van der Waals surface area (Å²) in [6, 6.07) is 0.437. The van der Waals surface area contributed by atoms with Crippen LogP contribution >= 0.6 is 11.8 Å². The zero-order valence-corrected chi connectivity index (χ0v) is 9.99. The molecule has 0 bridgehead atoms. The number of nitrogens with two attached hydrogens (primary N) is 1. The van der Waals surface area contributed by atoms with Crippen LogP contribution in [0.4, 0.5) is 0 Å². The lowest BCUT2D eigenvalue weighted by Crippen LogP contribution is -2.32. The summed E-state index contributed by atoms with van der Waals surface area (Å²) in [6.07, 6.45) is 5.54. The van der Waals surface area contributed by atoms with E-state index in [1.54, 1.807) is 0 Å². The minimum Gasteiger partial charge on any atom is -0.327 e. The highest BCUT2D eigenvalue weighted by Crippen LogP contribution is 2.31. The molecular formula is C11H23NS. The topological polar surface area (TPSA) is 26.0 Å². The lowest BCUT2D eigenvalue weighted by Gasteiger charge is -2.23. The second kappa shape index (κ2) is 4.70. The van der Waals surface area contributed by atoms with Gasteiger partial charge in [-0.2, -0.15) is 11.8 Å². The van der Waals surface area contributed by atoms with Crippen molar-refractivity contribution < 1.29 is 0 Å². The SMILES string of the molecule is CC(C)(C)SCC(N)C1CCCC1. The van der Waals surface area contributed by atoms with E-state index in [-0.39, 0.29) is 0 Å². The third-order valence-electron chi connectivity index (χ3n) is 2.71. The number of hydrogen-bond donors (Lipinski definition) is 1. The van der Waals surface area contributed by atoms with Crippen LogP contribution < -0.4 is 5.73 Å². The second-order valence-electron chi connectivity index (χ2n) is 5.13. The van der Waals surface area contributed by atoms with Crippen LogP contribution in [0.15, 0.2) is 0 Å². The molecule has 78 valence electrons. The van der Waals surface area contributed by atoms with E-state index in [1.807, 2.05) is 11.8 Å². The van der Waals surface area contributed by atoms with Crippen molar-refractivity contribution in [3.63, 3.8) is 0 Å². The Morgan fingerprint density at radius 2 is 1.85 bits per heavy atom. The Hall–Kier alpha value is 0.310. The van der Waals surface area contributed by atoms with E-state index in [1.165, 1.54) is 25.7 Å². The van der Waals surface area contributed by atoms with Gasteiger partial charge in [-0.15, -0.1) is 0 Å². The molecule has 2 heteroatoms. The van der Waals surface area contributed by atoms with Crippen LogP contribution in [0.2, 0.25) is 0 Å². The van der Waals surface area contributed by atoms with Crippen molar-refractivity contribution >= 4 is 11.8 Å². The van der Waals surface area contributed by atoms with Gasteiger partial charge in [-0.05, 0) is 18.8 Å². The van der Waals surface area contributed by atoms with Gasteiger partial charge in [0.2, 0.25) is 0 Å². The molecule has 2 N–H and O–H groups in total. The molecule has 1 nitrogen and oxygen atoms in total. The van der Waals surface area contributed by atoms with Crippen LogP contribution in [-0.2, 0) is 0 Å². The van der Waals surface area contributed by atoms with Crippen molar-refractivity contribution in [1.29, 1.82) is 0 Å². The van der Waals surface area contributed by atoms with E-state index in [0.29, 0.717) is 10.8 Å². The summed E-state index contributed by atoms with van der Waals surface area (Å²) < 4.78 is 0.371. The van der Waals surface area contributed by atoms with E-state index in [9.17, 15) is 0 Å². The molecule has 0 aromatic heterocycles. The van der Waals surface area contributed by atoms with Crippen LogP contribution in [-0.4, -0.2) is 16.5 Å². The van der Waals surface area contributed by atoms with Crippen molar-refractivity contribution in [2.24, 2.45) is 11.7 Å². The molecule has 0 spiro atoms. The largest absolute Gasteiger partial charge is 0.327 e. The second-order valence-corrected chi connectivity index (χ2v) is 6.98. The summed E-state index contributed by atoms with van der Waals surface area (Å²) in [5.74, 6) is 1.95. The van der Waals surface area contributed by atoms with Crippen molar-refractivity contribution in [2.75, 3.05) is 5.75 Å². The molecule has 1 atom stereocenters. The number of thioether (sulfide) groups is 1. The zero-order chi connectivity index (χ0) is 9.90. The highest BCUT2D eigenvalue weighted by Gasteiger charge is 2.23. The average Bonchev–Trinajstić information content (AvgIpc) is 2.50. The standard InChI is InChI=1S/C11H23NS/c1-11(2,3)13-8-10(12)9-6-4-5-7-9/h9-10H,4-8,12H2,1-3H3. The molecule has 1 fully saturated rings. The van der Waals surface area contributed by atoms with Crippen LogP contribution in [0.5, 0.6) is 0 Å². The maximum atomic E-state index is 6.17. The molecule has 0 heterocycles. The summed E-state index contributed by atoms with van der Waals surface area (Å²) in [6.45, 7) is 6.79. The van der Waals surface area contributed by atoms with Gasteiger partial charge >= 0.3 is 0 Å². The lowest BCUT2D eigenvalue weighted by atomic mass is 10.0. The van der Waals surface area contributed by atoms with Crippen LogP contribution in [0.25, 0.3) is 0 Å². The fraction of sp³-hybridized carbons (Fsp3) is 1.00. The first-order valence-corrected chi connectivity index (χ1v) is 6.37. The van der Waals surface area contributed by atoms with E-state index < -0.39 is 0 Å². The van der Waals surface area contributed by atoms with Crippen molar-refractivity contribution in [3.8, 4) is 0 Å². The summed E-state index contributed by atoms with van der Waals surface area (Å²) in [5.41, 5.74) is 6.17. The smallest absolute Gasteiger partial charge is 0.0159 e. The Balaban J connectivity index is 2.20. The molecule has 1 aliphatic carbocycles. The van der Waals surface area contributed by atoms with Crippen LogP contribution in [0.3, 0.4) is 0 Å². The fourth-order valence-corrected chi connectivity index (χ4v) is 2.83. The third-order valence-corrected chi connectivity index (χ3v) is 4.13. The van der Waals surface area contributed by atoms with Gasteiger partial charge < -0.3 is 5.73 Å². The lowest BCUT2D eigenvalue weighted by molar-refractivity contribution is 0.462. The summed E-state index contributed by atoms with van der Waals surface area (Å²) in [4.78, 5) is 0. The van der Waals surface area contributed by atoms with Crippen LogP contribution in [0.1, 0.15) is 46.5 Å². The predicted octanol–water partition coefficient (Wildman–Crippen LogP) is 3.04. The fourth-order valence-electron chi connectivity index (χ4n) is 1.87. The summed E-state index contributed by atoms with van der Waals surface area (Å²) in [5, 5.41) is 0. The first kappa shape index (κ1) is 11.4. The first-order valence-electron chi connectivity index (χ1n) is 5.38. The van der Waals surface area contributed by atoms with Gasteiger partial charge in [0, 0.05) is 16.5 Å². The maximum Gasteiger partial charge on any atom is 0.0159 e. The van der Waals surface area contributed by atoms with Gasteiger partial charge in [0.05, 0.1) is 0 Å². The van der Waals surface area contributed by atoms with Gasteiger partial charge in [0.25, 0.3) is 0 Å². The predicted molar refractivity (Wildman–Crippen MR) is 62.1 cm³/mol. The molecular weight excluding hydrogens is 178 g/mol. The Labute approximate surface area is 86.8 Å².